The molecule has 2 atom stereocenters. The van der Waals surface area contributed by atoms with Crippen LogP contribution in [0.15, 0.2) is 34.8 Å². The molecule has 0 saturated carbocycles. The zero-order valence-electron chi connectivity index (χ0n) is 11.1. The zero-order valence-corrected chi connectivity index (χ0v) is 12.6. The summed E-state index contributed by atoms with van der Waals surface area (Å²) >= 11 is 3.39. The third kappa shape index (κ3) is 3.28. The number of nitrogens with one attached hydrogen (secondary N) is 1. The Morgan fingerprint density at radius 3 is 2.50 bits per heavy atom. The molecule has 0 heterocycles. The second kappa shape index (κ2) is 6.22. The van der Waals surface area contributed by atoms with Gasteiger partial charge in [0.2, 0.25) is 5.91 Å². The van der Waals surface area contributed by atoms with Crippen molar-refractivity contribution < 1.29 is 14.7 Å². The topological polar surface area (TPSA) is 69.2 Å². The molecule has 0 bridgehead atoms. The molecule has 0 spiro atoms. The second-order valence-electron chi connectivity index (χ2n) is 4.95. The lowest BCUT2D eigenvalue weighted by atomic mass is 9.82. The average Bonchev–Trinajstić information content (AvgIpc) is 2.41. The van der Waals surface area contributed by atoms with Crippen LogP contribution in [-0.4, -0.2) is 11.9 Å². The van der Waals surface area contributed by atoms with Gasteiger partial charge in [-0.15, -0.1) is 0 Å². The molecule has 1 amide bonds. The molecule has 2 rings (SSSR count). The van der Waals surface area contributed by atoms with Gasteiger partial charge in [0, 0.05) is 16.4 Å². The Morgan fingerprint density at radius 2 is 1.90 bits per heavy atom. The largest absolute Gasteiger partial charge is 0.550 e. The zero-order chi connectivity index (χ0) is 14.7. The molecule has 0 aromatic heterocycles. The van der Waals surface area contributed by atoms with Gasteiger partial charge in [-0.05, 0) is 53.4 Å². The Bertz CT molecular complexity index is 568. The number of benzene rings is 1. The molecule has 0 aliphatic heterocycles. The van der Waals surface area contributed by atoms with Gasteiger partial charge in [-0.2, -0.15) is 0 Å². The fourth-order valence-corrected chi connectivity index (χ4v) is 2.90. The van der Waals surface area contributed by atoms with Crippen LogP contribution in [0.5, 0.6) is 0 Å². The van der Waals surface area contributed by atoms with Gasteiger partial charge < -0.3 is 15.2 Å². The summed E-state index contributed by atoms with van der Waals surface area (Å²) in [7, 11) is 0. The molecule has 0 saturated heterocycles. The number of carbonyl (C=O) groups excluding carboxylic acids is 2. The van der Waals surface area contributed by atoms with Gasteiger partial charge in [-0.1, -0.05) is 18.2 Å². The number of halogens is 1. The first-order chi connectivity index (χ1) is 9.49. The molecule has 1 N–H and O–H groups in total. The van der Waals surface area contributed by atoms with Gasteiger partial charge in [0.1, 0.15) is 0 Å². The lowest BCUT2D eigenvalue weighted by Crippen LogP contribution is -2.41. The van der Waals surface area contributed by atoms with E-state index in [2.05, 4.69) is 21.2 Å². The van der Waals surface area contributed by atoms with Crippen molar-refractivity contribution in [2.24, 2.45) is 11.8 Å². The quantitative estimate of drug-likeness (QED) is 0.858. The summed E-state index contributed by atoms with van der Waals surface area (Å²) in [5.41, 5.74) is 1.72. The summed E-state index contributed by atoms with van der Waals surface area (Å²) in [4.78, 5) is 23.4. The van der Waals surface area contributed by atoms with E-state index in [0.717, 1.165) is 10.0 Å². The lowest BCUT2D eigenvalue weighted by molar-refractivity contribution is -0.313. The molecule has 1 aliphatic rings. The molecule has 106 valence electrons. The van der Waals surface area contributed by atoms with Crippen molar-refractivity contribution in [2.45, 2.75) is 19.8 Å². The number of hydrogen-bond donors (Lipinski definition) is 1. The van der Waals surface area contributed by atoms with Crippen LogP contribution in [0.3, 0.4) is 0 Å². The first-order valence-corrected chi connectivity index (χ1v) is 7.21. The van der Waals surface area contributed by atoms with Gasteiger partial charge in [-0.25, -0.2) is 0 Å². The number of rotatable bonds is 3. The molecule has 4 nitrogen and oxygen atoms in total. The van der Waals surface area contributed by atoms with Crippen molar-refractivity contribution in [3.8, 4) is 0 Å². The third-order valence-corrected chi connectivity index (χ3v) is 4.11. The maximum atomic E-state index is 12.3. The van der Waals surface area contributed by atoms with Crippen molar-refractivity contribution in [1.29, 1.82) is 0 Å². The monoisotopic (exact) mass is 336 g/mol. The summed E-state index contributed by atoms with van der Waals surface area (Å²) in [6, 6.07) is 5.58. The van der Waals surface area contributed by atoms with Crippen molar-refractivity contribution in [2.75, 3.05) is 5.32 Å². The molecule has 1 aromatic carbocycles. The molecular weight excluding hydrogens is 322 g/mol. The van der Waals surface area contributed by atoms with E-state index < -0.39 is 17.8 Å². The van der Waals surface area contributed by atoms with Crippen molar-refractivity contribution in [3.05, 3.63) is 40.4 Å². The third-order valence-electron chi connectivity index (χ3n) is 3.45. The van der Waals surface area contributed by atoms with Crippen LogP contribution in [0.2, 0.25) is 0 Å². The second-order valence-corrected chi connectivity index (χ2v) is 5.80. The highest BCUT2D eigenvalue weighted by molar-refractivity contribution is 9.10. The van der Waals surface area contributed by atoms with E-state index in [0.29, 0.717) is 18.5 Å². The highest BCUT2D eigenvalue weighted by Gasteiger charge is 2.30. The molecule has 0 fully saturated rings. The first-order valence-electron chi connectivity index (χ1n) is 6.42. The fourth-order valence-electron chi connectivity index (χ4n) is 2.31. The molecule has 20 heavy (non-hydrogen) atoms. The number of aliphatic carboxylic acids is 1. The standard InChI is InChI=1S/C15H16BrNO3/c1-9-6-7-13(12(16)8-9)17-14(18)10-4-2-3-5-11(10)15(19)20/h2-3,6-8,10-11H,4-5H2,1H3,(H,17,18)(H,19,20)/p-1/t10-,11-/m1/s1. The average molecular weight is 337 g/mol. The summed E-state index contributed by atoms with van der Waals surface area (Å²) in [6.07, 6.45) is 4.39. The minimum absolute atomic E-state index is 0.284. The van der Waals surface area contributed by atoms with Crippen LogP contribution in [0.1, 0.15) is 18.4 Å². The van der Waals surface area contributed by atoms with E-state index in [4.69, 9.17) is 0 Å². The van der Waals surface area contributed by atoms with Crippen LogP contribution < -0.4 is 10.4 Å². The first kappa shape index (κ1) is 14.8. The Hall–Kier alpha value is -1.62. The summed E-state index contributed by atoms with van der Waals surface area (Å²) < 4.78 is 0.780. The summed E-state index contributed by atoms with van der Waals surface area (Å²) in [5, 5.41) is 13.9. The van der Waals surface area contributed by atoms with Gasteiger partial charge >= 0.3 is 0 Å². The fraction of sp³-hybridized carbons (Fsp3) is 0.333. The predicted molar refractivity (Wildman–Crippen MR) is 77.9 cm³/mol. The molecular formula is C15H15BrNO3-. The van der Waals surface area contributed by atoms with Crippen LogP contribution >= 0.6 is 15.9 Å². The number of hydrogen-bond acceptors (Lipinski definition) is 3. The van der Waals surface area contributed by atoms with Crippen molar-refractivity contribution in [1.82, 2.24) is 0 Å². The van der Waals surface area contributed by atoms with Gasteiger partial charge in [0.05, 0.1) is 11.6 Å². The Labute approximate surface area is 126 Å². The minimum Gasteiger partial charge on any atom is -0.550 e. The van der Waals surface area contributed by atoms with Crippen LogP contribution in [0.25, 0.3) is 0 Å². The normalized spacial score (nSPS) is 21.5. The number of anilines is 1. The highest BCUT2D eigenvalue weighted by atomic mass is 79.9. The lowest BCUT2D eigenvalue weighted by Gasteiger charge is -2.28. The highest BCUT2D eigenvalue weighted by Crippen LogP contribution is 2.29. The van der Waals surface area contributed by atoms with E-state index in [-0.39, 0.29) is 5.91 Å². The minimum atomic E-state index is -1.17. The van der Waals surface area contributed by atoms with Crippen molar-refractivity contribution >= 4 is 33.5 Å². The Kier molecular flexibility index (Phi) is 4.60. The van der Waals surface area contributed by atoms with Crippen LogP contribution in [0.4, 0.5) is 5.69 Å². The van der Waals surface area contributed by atoms with E-state index >= 15 is 0 Å². The Morgan fingerprint density at radius 1 is 1.25 bits per heavy atom. The SMILES string of the molecule is Cc1ccc(NC(=O)[C@@H]2CC=CC[C@H]2C(=O)[O-])c(Br)c1. The van der Waals surface area contributed by atoms with Gasteiger partial charge in [-0.3, -0.25) is 4.79 Å². The Balaban J connectivity index is 2.14. The van der Waals surface area contributed by atoms with Crippen LogP contribution in [-0.2, 0) is 9.59 Å². The summed E-state index contributed by atoms with van der Waals surface area (Å²) in [6.45, 7) is 1.95. The van der Waals surface area contributed by atoms with Gasteiger partial charge in [0.15, 0.2) is 0 Å². The van der Waals surface area contributed by atoms with E-state index in [9.17, 15) is 14.7 Å². The maximum absolute atomic E-state index is 12.3. The summed E-state index contributed by atoms with van der Waals surface area (Å²) in [5.74, 6) is -2.80. The van der Waals surface area contributed by atoms with E-state index in [1.807, 2.05) is 25.1 Å². The molecule has 1 aromatic rings. The number of carboxylic acid groups (broad SMARTS) is 1. The maximum Gasteiger partial charge on any atom is 0.228 e. The van der Waals surface area contributed by atoms with Crippen molar-refractivity contribution in [3.63, 3.8) is 0 Å². The van der Waals surface area contributed by atoms with Crippen LogP contribution in [0, 0.1) is 18.8 Å². The molecule has 0 unspecified atom stereocenters. The van der Waals surface area contributed by atoms with E-state index in [1.54, 1.807) is 12.1 Å². The number of amides is 1. The predicted octanol–water partition coefficient (Wildman–Crippen LogP) is 2.03. The number of carbonyl (C=O) groups is 2. The number of aryl methyl sites for hydroxylation is 1. The molecule has 1 aliphatic carbocycles. The smallest absolute Gasteiger partial charge is 0.228 e. The van der Waals surface area contributed by atoms with Gasteiger partial charge in [0.25, 0.3) is 0 Å². The van der Waals surface area contributed by atoms with E-state index in [1.165, 1.54) is 0 Å². The number of allylic oxidation sites excluding steroid dienone is 2. The number of carboxylic acids is 1. The molecule has 0 radical (unpaired) electrons. The molecule has 5 heteroatoms.